The summed E-state index contributed by atoms with van der Waals surface area (Å²) in [5, 5.41) is 3.91. The summed E-state index contributed by atoms with van der Waals surface area (Å²) >= 11 is 0. The first-order chi connectivity index (χ1) is 18.6. The quantitative estimate of drug-likeness (QED) is 0.294. The lowest BCUT2D eigenvalue weighted by atomic mass is 10.1. The van der Waals surface area contributed by atoms with E-state index < -0.39 is 0 Å². The van der Waals surface area contributed by atoms with Crippen LogP contribution in [0.15, 0.2) is 90.1 Å². The summed E-state index contributed by atoms with van der Waals surface area (Å²) in [7, 11) is 1.64. The summed E-state index contributed by atoms with van der Waals surface area (Å²) in [6, 6.07) is 21.3. The van der Waals surface area contributed by atoms with Gasteiger partial charge in [0.15, 0.2) is 0 Å². The number of methoxy groups -OCH3 is 1. The average Bonchev–Trinajstić information content (AvgIpc) is 3.38. The van der Waals surface area contributed by atoms with Crippen molar-refractivity contribution < 1.29 is 9.53 Å². The first-order valence-corrected chi connectivity index (χ1v) is 12.6. The number of carbonyl (C=O) groups is 1. The molecule has 5 aromatic rings. The number of fused-ring (bicyclic) bond motifs is 1. The van der Waals surface area contributed by atoms with Gasteiger partial charge < -0.3 is 15.0 Å². The van der Waals surface area contributed by atoms with Crippen molar-refractivity contribution in [3.05, 3.63) is 113 Å². The molecular weight excluding hydrogens is 478 g/mol. The van der Waals surface area contributed by atoms with Crippen molar-refractivity contribution in [1.29, 1.82) is 0 Å². The van der Waals surface area contributed by atoms with Gasteiger partial charge in [-0.1, -0.05) is 42.5 Å². The van der Waals surface area contributed by atoms with Crippen molar-refractivity contribution in [2.45, 2.75) is 32.4 Å². The highest BCUT2D eigenvalue weighted by atomic mass is 16.5. The molecule has 3 heterocycles. The van der Waals surface area contributed by atoms with Crippen LogP contribution in [0, 0.1) is 0 Å². The van der Waals surface area contributed by atoms with E-state index in [2.05, 4.69) is 20.3 Å². The summed E-state index contributed by atoms with van der Waals surface area (Å²) in [6.45, 7) is 0.224. The Bertz CT molecular complexity index is 1560. The van der Waals surface area contributed by atoms with Gasteiger partial charge in [0.2, 0.25) is 5.91 Å². The number of nitrogens with zero attached hydrogens (tertiary/aromatic N) is 3. The number of aromatic nitrogens is 4. The van der Waals surface area contributed by atoms with Crippen LogP contribution in [-0.4, -0.2) is 32.5 Å². The van der Waals surface area contributed by atoms with Gasteiger partial charge in [0.25, 0.3) is 5.56 Å². The third kappa shape index (κ3) is 5.81. The number of rotatable bonds is 10. The molecule has 0 atom stereocenters. The topological polar surface area (TPSA) is 102 Å². The van der Waals surface area contributed by atoms with Gasteiger partial charge in [-0.3, -0.25) is 24.1 Å². The van der Waals surface area contributed by atoms with E-state index in [1.54, 1.807) is 25.7 Å². The summed E-state index contributed by atoms with van der Waals surface area (Å²) < 4.78 is 6.74. The maximum atomic E-state index is 13.5. The van der Waals surface area contributed by atoms with Crippen LogP contribution >= 0.6 is 0 Å². The van der Waals surface area contributed by atoms with Gasteiger partial charge in [-0.05, 0) is 54.7 Å². The smallest absolute Gasteiger partial charge is 0.273 e. The Morgan fingerprint density at radius 3 is 2.61 bits per heavy atom. The van der Waals surface area contributed by atoms with Crippen molar-refractivity contribution in [2.75, 3.05) is 7.11 Å². The van der Waals surface area contributed by atoms with E-state index in [-0.39, 0.29) is 18.0 Å². The molecule has 0 fully saturated rings. The van der Waals surface area contributed by atoms with Crippen molar-refractivity contribution in [2.24, 2.45) is 0 Å². The Morgan fingerprint density at radius 2 is 1.84 bits per heavy atom. The minimum absolute atomic E-state index is 0.0984. The van der Waals surface area contributed by atoms with Crippen LogP contribution < -0.4 is 15.6 Å². The molecule has 2 N–H and O–H groups in total. The first kappa shape index (κ1) is 25.0. The minimum Gasteiger partial charge on any atom is -0.497 e. The second-order valence-electron chi connectivity index (χ2n) is 9.08. The van der Waals surface area contributed by atoms with Gasteiger partial charge in [-0.25, -0.2) is 0 Å². The molecule has 38 heavy (non-hydrogen) atoms. The Hall–Kier alpha value is -4.72. The standard InChI is InChI=1S/C30H29N5O3/c1-38-25-12-10-21(11-13-25)6-5-9-27-30(37)35(28(19-32-27)22-7-3-2-4-8-22)20-29(36)33-18-24-16-23-17-31-15-14-26(23)34-24/h2-4,7-8,10-17,19,34H,5-6,9,18,20H2,1H3,(H,33,36). The van der Waals surface area contributed by atoms with Gasteiger partial charge in [-0.15, -0.1) is 0 Å². The number of hydrogen-bond acceptors (Lipinski definition) is 5. The number of aryl methyl sites for hydroxylation is 2. The van der Waals surface area contributed by atoms with Gasteiger partial charge in [0, 0.05) is 29.0 Å². The van der Waals surface area contributed by atoms with Gasteiger partial charge in [0.05, 0.1) is 25.5 Å². The highest BCUT2D eigenvalue weighted by Crippen LogP contribution is 2.18. The van der Waals surface area contributed by atoms with E-state index in [1.165, 1.54) is 10.1 Å². The van der Waals surface area contributed by atoms with Crippen molar-refractivity contribution >= 4 is 16.8 Å². The third-order valence-corrected chi connectivity index (χ3v) is 6.49. The molecule has 192 valence electrons. The van der Waals surface area contributed by atoms with Crippen molar-refractivity contribution in [1.82, 2.24) is 24.8 Å². The van der Waals surface area contributed by atoms with Crippen LogP contribution in [0.3, 0.4) is 0 Å². The molecule has 0 spiro atoms. The third-order valence-electron chi connectivity index (χ3n) is 6.49. The number of carbonyl (C=O) groups excluding carboxylic acids is 1. The van der Waals surface area contributed by atoms with Gasteiger partial charge in [-0.2, -0.15) is 0 Å². The molecule has 2 aromatic carbocycles. The van der Waals surface area contributed by atoms with Crippen LogP contribution in [0.2, 0.25) is 0 Å². The molecule has 0 aliphatic rings. The lowest BCUT2D eigenvalue weighted by Crippen LogP contribution is -2.34. The van der Waals surface area contributed by atoms with E-state index in [1.807, 2.05) is 66.7 Å². The van der Waals surface area contributed by atoms with Crippen LogP contribution in [-0.2, 0) is 30.7 Å². The van der Waals surface area contributed by atoms with Crippen LogP contribution in [0.4, 0.5) is 0 Å². The number of ether oxygens (including phenoxy) is 1. The highest BCUT2D eigenvalue weighted by Gasteiger charge is 2.15. The Kier molecular flexibility index (Phi) is 7.59. The fourth-order valence-electron chi connectivity index (χ4n) is 4.47. The summed E-state index contributed by atoms with van der Waals surface area (Å²) in [5.41, 5.74) is 4.64. The Balaban J connectivity index is 1.31. The number of amides is 1. The maximum absolute atomic E-state index is 13.5. The van der Waals surface area contributed by atoms with Gasteiger partial charge >= 0.3 is 0 Å². The van der Waals surface area contributed by atoms with Crippen LogP contribution in [0.25, 0.3) is 22.2 Å². The predicted molar refractivity (Wildman–Crippen MR) is 147 cm³/mol. The van der Waals surface area contributed by atoms with E-state index in [9.17, 15) is 9.59 Å². The number of hydrogen-bond donors (Lipinski definition) is 2. The van der Waals surface area contributed by atoms with E-state index in [0.717, 1.165) is 40.8 Å². The number of aromatic amines is 1. The summed E-state index contributed by atoms with van der Waals surface area (Å²) in [4.78, 5) is 38.4. The molecule has 0 aliphatic heterocycles. The average molecular weight is 508 g/mol. The molecule has 0 aliphatic carbocycles. The molecule has 8 heteroatoms. The zero-order valence-electron chi connectivity index (χ0n) is 21.2. The van der Waals surface area contributed by atoms with E-state index >= 15 is 0 Å². The van der Waals surface area contributed by atoms with E-state index in [0.29, 0.717) is 24.4 Å². The second-order valence-corrected chi connectivity index (χ2v) is 9.08. The normalized spacial score (nSPS) is 11.0. The Labute approximate surface area is 220 Å². The largest absolute Gasteiger partial charge is 0.497 e. The zero-order chi connectivity index (χ0) is 26.3. The number of nitrogens with one attached hydrogen (secondary N) is 2. The molecule has 0 saturated carbocycles. The molecule has 0 bridgehead atoms. The maximum Gasteiger partial charge on any atom is 0.273 e. The highest BCUT2D eigenvalue weighted by molar-refractivity contribution is 5.80. The molecular formula is C30H29N5O3. The molecule has 8 nitrogen and oxygen atoms in total. The number of pyridine rings is 1. The second kappa shape index (κ2) is 11.6. The van der Waals surface area contributed by atoms with E-state index in [4.69, 9.17) is 4.74 Å². The van der Waals surface area contributed by atoms with Crippen molar-refractivity contribution in [3.8, 4) is 17.0 Å². The molecule has 0 unspecified atom stereocenters. The van der Waals surface area contributed by atoms with Crippen LogP contribution in [0.1, 0.15) is 23.4 Å². The number of H-pyrrole nitrogens is 1. The van der Waals surface area contributed by atoms with Gasteiger partial charge in [0.1, 0.15) is 18.0 Å². The summed E-state index contributed by atoms with van der Waals surface area (Å²) in [6.07, 6.45) is 7.28. The molecule has 3 aromatic heterocycles. The van der Waals surface area contributed by atoms with Crippen molar-refractivity contribution in [3.63, 3.8) is 0 Å². The predicted octanol–water partition coefficient (Wildman–Crippen LogP) is 4.29. The lowest BCUT2D eigenvalue weighted by molar-refractivity contribution is -0.121. The SMILES string of the molecule is COc1ccc(CCCc2ncc(-c3ccccc3)n(CC(=O)NCc3cc4cnccc4[nH]3)c2=O)cc1. The van der Waals surface area contributed by atoms with Crippen LogP contribution in [0.5, 0.6) is 5.75 Å². The first-order valence-electron chi connectivity index (χ1n) is 12.6. The fraction of sp³-hybridized carbons (Fsp3) is 0.200. The minimum atomic E-state index is -0.253. The summed E-state index contributed by atoms with van der Waals surface area (Å²) in [5.74, 6) is 0.561. The molecule has 5 rings (SSSR count). The molecule has 1 amide bonds. The fourth-order valence-corrected chi connectivity index (χ4v) is 4.47. The lowest BCUT2D eigenvalue weighted by Gasteiger charge is -2.14. The number of benzene rings is 2. The zero-order valence-corrected chi connectivity index (χ0v) is 21.2. The molecule has 0 radical (unpaired) electrons. The molecule has 0 saturated heterocycles. The monoisotopic (exact) mass is 507 g/mol. The Morgan fingerprint density at radius 1 is 1.03 bits per heavy atom.